The summed E-state index contributed by atoms with van der Waals surface area (Å²) in [6.45, 7) is 0. The van der Waals surface area contributed by atoms with Crippen molar-refractivity contribution in [2.24, 2.45) is 0 Å². The monoisotopic (exact) mass is 121 g/mol. The van der Waals surface area contributed by atoms with E-state index in [9.17, 15) is 0 Å². The second-order valence-electron chi connectivity index (χ2n) is 1.81. The number of hydrogen-bond acceptors (Lipinski definition) is 2. The van der Waals surface area contributed by atoms with E-state index in [-0.39, 0.29) is 1.43 Å². The molecule has 3 heteroatoms. The molecule has 46 valence electrons. The summed E-state index contributed by atoms with van der Waals surface area (Å²) in [6, 6.07) is 7.70. The largest absolute Gasteiger partial charge is 0.197 e. The molecule has 2 rings (SSSR count). The molecule has 0 aliphatic heterocycles. The molecule has 1 N–H and O–H groups in total. The predicted octanol–water partition coefficient (Wildman–Crippen LogP) is 1.20. The quantitative estimate of drug-likeness (QED) is 0.569. The summed E-state index contributed by atoms with van der Waals surface area (Å²) in [5, 5.41) is 10.3. The zero-order valence-corrected chi connectivity index (χ0v) is 4.70. The van der Waals surface area contributed by atoms with Crippen molar-refractivity contribution in [3.63, 3.8) is 0 Å². The maximum absolute atomic E-state index is 3.88. The highest BCUT2D eigenvalue weighted by Crippen LogP contribution is 2.03. The summed E-state index contributed by atoms with van der Waals surface area (Å²) >= 11 is 0. The second-order valence-corrected chi connectivity index (χ2v) is 1.81. The Kier molecular flexibility index (Phi) is 0.773. The molecule has 2 aromatic rings. The van der Waals surface area contributed by atoms with Crippen molar-refractivity contribution in [1.29, 1.82) is 0 Å². The average molecular weight is 121 g/mol. The molecule has 1 heterocycles. The zero-order chi connectivity index (χ0) is 6.10. The van der Waals surface area contributed by atoms with Gasteiger partial charge in [-0.15, -0.1) is 0 Å². The first kappa shape index (κ1) is 4.49. The lowest BCUT2D eigenvalue weighted by molar-refractivity contribution is 0.959. The van der Waals surface area contributed by atoms with E-state index < -0.39 is 0 Å². The van der Waals surface area contributed by atoms with Gasteiger partial charge < -0.3 is 0 Å². The van der Waals surface area contributed by atoms with Gasteiger partial charge in [0.1, 0.15) is 11.0 Å². The summed E-state index contributed by atoms with van der Waals surface area (Å²) in [5.41, 5.74) is 1.83. The topological polar surface area (TPSA) is 41.6 Å². The normalized spacial score (nSPS) is 10.2. The number of nitrogens with zero attached hydrogens (tertiary/aromatic N) is 2. The Balaban J connectivity index is 0.000000500. The van der Waals surface area contributed by atoms with Crippen LogP contribution in [-0.4, -0.2) is 15.4 Å². The average Bonchev–Trinajstić information content (AvgIpc) is 2.33. The van der Waals surface area contributed by atoms with E-state index in [0.717, 1.165) is 11.0 Å². The van der Waals surface area contributed by atoms with Gasteiger partial charge in [-0.2, -0.15) is 15.4 Å². The number of para-hydroxylation sites is 2. The fourth-order valence-electron chi connectivity index (χ4n) is 0.786. The molecule has 9 heavy (non-hydrogen) atoms. The van der Waals surface area contributed by atoms with Gasteiger partial charge in [-0.05, 0) is 12.1 Å². The zero-order valence-electron chi connectivity index (χ0n) is 4.70. The van der Waals surface area contributed by atoms with E-state index in [4.69, 9.17) is 0 Å². The smallest absolute Gasteiger partial charge is 0.112 e. The van der Waals surface area contributed by atoms with Crippen LogP contribution in [0.25, 0.3) is 11.0 Å². The van der Waals surface area contributed by atoms with Crippen LogP contribution in [0.5, 0.6) is 0 Å². The number of nitrogens with one attached hydrogen (secondary N) is 1. The van der Waals surface area contributed by atoms with E-state index >= 15 is 0 Å². The summed E-state index contributed by atoms with van der Waals surface area (Å²) in [7, 11) is 0. The van der Waals surface area contributed by atoms with Gasteiger partial charge in [-0.3, -0.25) is 0 Å². The molecule has 1 aromatic carbocycles. The van der Waals surface area contributed by atoms with Crippen molar-refractivity contribution < 1.29 is 1.43 Å². The molecule has 3 nitrogen and oxygen atoms in total. The van der Waals surface area contributed by atoms with E-state index in [1.807, 2.05) is 24.3 Å². The van der Waals surface area contributed by atoms with Crippen LogP contribution in [0.2, 0.25) is 0 Å². The van der Waals surface area contributed by atoms with Crippen molar-refractivity contribution in [1.82, 2.24) is 15.4 Å². The highest BCUT2D eigenvalue weighted by atomic mass is 15.3. The Morgan fingerprint density at radius 1 is 1.11 bits per heavy atom. The van der Waals surface area contributed by atoms with Gasteiger partial charge in [0.05, 0.1) is 0 Å². The number of hydrogen-bond donors (Lipinski definition) is 1. The third-order valence-electron chi connectivity index (χ3n) is 1.22. The van der Waals surface area contributed by atoms with E-state index in [0.29, 0.717) is 0 Å². The van der Waals surface area contributed by atoms with Crippen LogP contribution in [0.1, 0.15) is 1.43 Å². The molecule has 0 radical (unpaired) electrons. The second kappa shape index (κ2) is 1.55. The van der Waals surface area contributed by atoms with E-state index in [1.165, 1.54) is 0 Å². The van der Waals surface area contributed by atoms with Crippen LogP contribution >= 0.6 is 0 Å². The van der Waals surface area contributed by atoms with Gasteiger partial charge in [-0.1, -0.05) is 12.1 Å². The molecule has 0 aliphatic carbocycles. The molecular weight excluding hydrogens is 114 g/mol. The van der Waals surface area contributed by atoms with Crippen LogP contribution in [0.3, 0.4) is 0 Å². The molecule has 0 saturated carbocycles. The predicted molar refractivity (Wildman–Crippen MR) is 36.0 cm³/mol. The van der Waals surface area contributed by atoms with Crippen LogP contribution in [0.4, 0.5) is 0 Å². The van der Waals surface area contributed by atoms with Crippen LogP contribution in [-0.2, 0) is 0 Å². The number of benzene rings is 1. The van der Waals surface area contributed by atoms with Gasteiger partial charge in [0.15, 0.2) is 0 Å². The SMILES string of the molecule is [HH].c1ccc2n[nH]nc2c1. The first-order chi connectivity index (χ1) is 4.47. The van der Waals surface area contributed by atoms with E-state index in [1.54, 1.807) is 0 Å². The highest BCUT2D eigenvalue weighted by Gasteiger charge is 1.90. The van der Waals surface area contributed by atoms with Crippen molar-refractivity contribution in [2.75, 3.05) is 0 Å². The van der Waals surface area contributed by atoms with Gasteiger partial charge in [0, 0.05) is 1.43 Å². The molecule has 0 amide bonds. The summed E-state index contributed by atoms with van der Waals surface area (Å²) in [6.07, 6.45) is 0. The lowest BCUT2D eigenvalue weighted by atomic mass is 10.3. The Morgan fingerprint density at radius 3 is 2.22 bits per heavy atom. The first-order valence-electron chi connectivity index (χ1n) is 2.72. The van der Waals surface area contributed by atoms with E-state index in [2.05, 4.69) is 15.4 Å². The minimum atomic E-state index is 0. The van der Waals surface area contributed by atoms with Crippen LogP contribution in [0.15, 0.2) is 24.3 Å². The molecule has 0 atom stereocenters. The molecule has 0 spiro atoms. The number of aromatic nitrogens is 3. The first-order valence-corrected chi connectivity index (χ1v) is 2.72. The number of fused-ring (bicyclic) bond motifs is 1. The van der Waals surface area contributed by atoms with Gasteiger partial charge >= 0.3 is 0 Å². The molecule has 0 unspecified atom stereocenters. The fourth-order valence-corrected chi connectivity index (χ4v) is 0.786. The Bertz CT molecular complexity index is 287. The summed E-state index contributed by atoms with van der Waals surface area (Å²) in [4.78, 5) is 0. The van der Waals surface area contributed by atoms with Crippen molar-refractivity contribution in [3.8, 4) is 0 Å². The van der Waals surface area contributed by atoms with Crippen LogP contribution in [0, 0.1) is 0 Å². The Morgan fingerprint density at radius 2 is 1.67 bits per heavy atom. The van der Waals surface area contributed by atoms with Crippen LogP contribution < -0.4 is 0 Å². The molecule has 0 aliphatic rings. The third kappa shape index (κ3) is 0.579. The molecule has 0 fully saturated rings. The molecular formula is C6H7N3. The molecule has 0 bridgehead atoms. The van der Waals surface area contributed by atoms with Gasteiger partial charge in [-0.25, -0.2) is 0 Å². The van der Waals surface area contributed by atoms with Gasteiger partial charge in [0.25, 0.3) is 0 Å². The number of H-pyrrole nitrogens is 1. The highest BCUT2D eigenvalue weighted by molar-refractivity contribution is 5.72. The lowest BCUT2D eigenvalue weighted by Crippen LogP contribution is -1.63. The fraction of sp³-hybridized carbons (Fsp3) is 0. The number of aromatic amines is 1. The lowest BCUT2D eigenvalue weighted by Gasteiger charge is -1.78. The van der Waals surface area contributed by atoms with Crippen molar-refractivity contribution in [3.05, 3.63) is 24.3 Å². The molecule has 0 saturated heterocycles. The minimum Gasteiger partial charge on any atom is -0.197 e. The molecule has 1 aromatic heterocycles. The third-order valence-corrected chi connectivity index (χ3v) is 1.22. The maximum Gasteiger partial charge on any atom is 0.112 e. The van der Waals surface area contributed by atoms with Crippen molar-refractivity contribution >= 4 is 11.0 Å². The van der Waals surface area contributed by atoms with Crippen molar-refractivity contribution in [2.45, 2.75) is 0 Å². The number of rotatable bonds is 0. The summed E-state index contributed by atoms with van der Waals surface area (Å²) < 4.78 is 0. The van der Waals surface area contributed by atoms with Gasteiger partial charge in [0.2, 0.25) is 0 Å². The standard InChI is InChI=1S/C6H5N3.H2/c1-2-4-6-5(3-1)7-9-8-6;/h1-4H,(H,7,8,9);1H. The minimum absolute atomic E-state index is 0. The Hall–Kier alpha value is -1.38. The maximum atomic E-state index is 3.88. The Labute approximate surface area is 53.2 Å². The summed E-state index contributed by atoms with van der Waals surface area (Å²) in [5.74, 6) is 0.